The van der Waals surface area contributed by atoms with E-state index in [4.69, 9.17) is 11.6 Å². The van der Waals surface area contributed by atoms with Crippen molar-refractivity contribution >= 4 is 34.5 Å². The average molecular weight is 366 g/mol. The van der Waals surface area contributed by atoms with Gasteiger partial charge in [-0.05, 0) is 18.2 Å². The van der Waals surface area contributed by atoms with Gasteiger partial charge < -0.3 is 4.90 Å². The highest BCUT2D eigenvalue weighted by atomic mass is 35.5. The van der Waals surface area contributed by atoms with Crippen LogP contribution >= 0.6 is 22.9 Å². The lowest BCUT2D eigenvalue weighted by Gasteiger charge is -2.34. The van der Waals surface area contributed by atoms with Gasteiger partial charge in [0.1, 0.15) is 5.56 Å². The summed E-state index contributed by atoms with van der Waals surface area (Å²) in [6, 6.07) is 9.99. The van der Waals surface area contributed by atoms with E-state index in [0.717, 1.165) is 24.0 Å². The SMILES string of the molecule is O=C(c1ccccc1[N+](=O)[O-])N1CCN(Cc2ccc(Cl)s2)CC1. The molecule has 0 spiro atoms. The molecule has 0 saturated carbocycles. The predicted octanol–water partition coefficient (Wildman–Crippen LogP) is 3.27. The van der Waals surface area contributed by atoms with Crippen molar-refractivity contribution in [3.8, 4) is 0 Å². The van der Waals surface area contributed by atoms with Crippen LogP contribution in [0.4, 0.5) is 5.69 Å². The summed E-state index contributed by atoms with van der Waals surface area (Å²) in [7, 11) is 0. The van der Waals surface area contributed by atoms with E-state index in [-0.39, 0.29) is 17.2 Å². The Morgan fingerprint density at radius 3 is 2.50 bits per heavy atom. The number of thiophene rings is 1. The largest absolute Gasteiger partial charge is 0.336 e. The highest BCUT2D eigenvalue weighted by Gasteiger charge is 2.27. The predicted molar refractivity (Wildman–Crippen MR) is 93.6 cm³/mol. The number of rotatable bonds is 4. The van der Waals surface area contributed by atoms with Crippen molar-refractivity contribution < 1.29 is 9.72 Å². The summed E-state index contributed by atoms with van der Waals surface area (Å²) in [4.78, 5) is 28.3. The molecule has 1 aliphatic heterocycles. The Morgan fingerprint density at radius 2 is 1.88 bits per heavy atom. The van der Waals surface area contributed by atoms with Gasteiger partial charge in [0.15, 0.2) is 0 Å². The van der Waals surface area contributed by atoms with E-state index in [1.165, 1.54) is 17.0 Å². The van der Waals surface area contributed by atoms with Gasteiger partial charge in [0.25, 0.3) is 11.6 Å². The molecule has 0 atom stereocenters. The minimum Gasteiger partial charge on any atom is -0.336 e. The van der Waals surface area contributed by atoms with Gasteiger partial charge >= 0.3 is 0 Å². The first kappa shape index (κ1) is 16.9. The quantitative estimate of drug-likeness (QED) is 0.616. The van der Waals surface area contributed by atoms with Crippen molar-refractivity contribution in [2.75, 3.05) is 26.2 Å². The normalized spacial score (nSPS) is 15.5. The van der Waals surface area contributed by atoms with Gasteiger partial charge in [0.05, 0.1) is 9.26 Å². The minimum absolute atomic E-state index is 0.141. The lowest BCUT2D eigenvalue weighted by Crippen LogP contribution is -2.48. The van der Waals surface area contributed by atoms with Crippen molar-refractivity contribution in [1.82, 2.24) is 9.80 Å². The number of nitrogens with zero attached hydrogens (tertiary/aromatic N) is 3. The fraction of sp³-hybridized carbons (Fsp3) is 0.312. The number of halogens is 1. The van der Waals surface area contributed by atoms with E-state index >= 15 is 0 Å². The Balaban J connectivity index is 1.62. The van der Waals surface area contributed by atoms with Crippen LogP contribution in [-0.4, -0.2) is 46.8 Å². The molecule has 0 unspecified atom stereocenters. The standard InChI is InChI=1S/C16H16ClN3O3S/c17-15-6-5-12(24-15)11-18-7-9-19(10-8-18)16(21)13-3-1-2-4-14(13)20(22)23/h1-6H,7-11H2. The number of carbonyl (C=O) groups is 1. The summed E-state index contributed by atoms with van der Waals surface area (Å²) < 4.78 is 0.773. The molecule has 1 aliphatic rings. The van der Waals surface area contributed by atoms with Gasteiger partial charge in [-0.25, -0.2) is 0 Å². The summed E-state index contributed by atoms with van der Waals surface area (Å²) in [5.41, 5.74) is 0.0131. The van der Waals surface area contributed by atoms with Crippen molar-refractivity contribution in [3.05, 3.63) is 61.3 Å². The number of amides is 1. The minimum atomic E-state index is -0.510. The Labute approximate surface area is 148 Å². The molecule has 6 nitrogen and oxygen atoms in total. The molecule has 1 saturated heterocycles. The Hall–Kier alpha value is -1.96. The molecule has 126 valence electrons. The lowest BCUT2D eigenvalue weighted by atomic mass is 10.1. The molecule has 2 heterocycles. The molecule has 1 amide bonds. The van der Waals surface area contributed by atoms with Crippen molar-refractivity contribution in [2.45, 2.75) is 6.54 Å². The zero-order chi connectivity index (χ0) is 17.1. The molecule has 8 heteroatoms. The molecule has 1 aromatic carbocycles. The molecule has 3 rings (SSSR count). The summed E-state index contributed by atoms with van der Waals surface area (Å²) in [5, 5.41) is 11.1. The monoisotopic (exact) mass is 365 g/mol. The number of hydrogen-bond donors (Lipinski definition) is 0. The molecular formula is C16H16ClN3O3S. The van der Waals surface area contributed by atoms with Crippen molar-refractivity contribution in [1.29, 1.82) is 0 Å². The number of para-hydroxylation sites is 1. The second kappa shape index (κ2) is 7.29. The van der Waals surface area contributed by atoms with Crippen LogP contribution in [0.1, 0.15) is 15.2 Å². The molecular weight excluding hydrogens is 350 g/mol. The van der Waals surface area contributed by atoms with Gasteiger partial charge in [-0.2, -0.15) is 0 Å². The van der Waals surface area contributed by atoms with Crippen LogP contribution in [0, 0.1) is 10.1 Å². The summed E-state index contributed by atoms with van der Waals surface area (Å²) in [5.74, 6) is -0.277. The van der Waals surface area contributed by atoms with Crippen LogP contribution in [0.2, 0.25) is 4.34 Å². The first-order valence-electron chi connectivity index (χ1n) is 7.54. The number of nitro benzene ring substituents is 1. The third-order valence-corrected chi connectivity index (χ3v) is 5.21. The molecule has 1 fully saturated rings. The fourth-order valence-corrected chi connectivity index (χ4v) is 3.88. The smallest absolute Gasteiger partial charge is 0.282 e. The van der Waals surface area contributed by atoms with E-state index < -0.39 is 4.92 Å². The molecule has 0 aliphatic carbocycles. The molecule has 0 bridgehead atoms. The Bertz CT molecular complexity index is 757. The van der Waals surface area contributed by atoms with Crippen LogP contribution in [0.5, 0.6) is 0 Å². The highest BCUT2D eigenvalue weighted by molar-refractivity contribution is 7.16. The zero-order valence-electron chi connectivity index (χ0n) is 12.9. The summed E-state index contributed by atoms with van der Waals surface area (Å²) >= 11 is 7.50. The number of carbonyl (C=O) groups excluding carboxylic acids is 1. The van der Waals surface area contributed by atoms with E-state index in [9.17, 15) is 14.9 Å². The first-order chi connectivity index (χ1) is 11.5. The third-order valence-electron chi connectivity index (χ3n) is 4.00. The van der Waals surface area contributed by atoms with Gasteiger partial charge in [-0.3, -0.25) is 19.8 Å². The Morgan fingerprint density at radius 1 is 1.17 bits per heavy atom. The van der Waals surface area contributed by atoms with Crippen LogP contribution in [0.15, 0.2) is 36.4 Å². The van der Waals surface area contributed by atoms with Crippen molar-refractivity contribution in [2.24, 2.45) is 0 Å². The third kappa shape index (κ3) is 3.75. The maximum atomic E-state index is 12.6. The average Bonchev–Trinajstić information content (AvgIpc) is 3.00. The van der Waals surface area contributed by atoms with Gasteiger partial charge in [-0.15, -0.1) is 11.3 Å². The number of piperazine rings is 1. The van der Waals surface area contributed by atoms with Crippen LogP contribution in [-0.2, 0) is 6.54 Å². The summed E-state index contributed by atoms with van der Waals surface area (Å²) in [6.45, 7) is 3.41. The number of hydrogen-bond acceptors (Lipinski definition) is 5. The van der Waals surface area contributed by atoms with Crippen molar-refractivity contribution in [3.63, 3.8) is 0 Å². The van der Waals surface area contributed by atoms with E-state index in [1.807, 2.05) is 12.1 Å². The molecule has 2 aromatic rings. The van der Waals surface area contributed by atoms with Gasteiger partial charge in [0.2, 0.25) is 0 Å². The molecule has 1 aromatic heterocycles. The second-order valence-electron chi connectivity index (χ2n) is 5.55. The lowest BCUT2D eigenvalue weighted by molar-refractivity contribution is -0.385. The van der Waals surface area contributed by atoms with E-state index in [0.29, 0.717) is 13.1 Å². The van der Waals surface area contributed by atoms with E-state index in [1.54, 1.807) is 28.4 Å². The molecule has 0 N–H and O–H groups in total. The van der Waals surface area contributed by atoms with Gasteiger partial charge in [-0.1, -0.05) is 23.7 Å². The molecule has 0 radical (unpaired) electrons. The van der Waals surface area contributed by atoms with E-state index in [2.05, 4.69) is 4.90 Å². The second-order valence-corrected chi connectivity index (χ2v) is 7.35. The molecule has 24 heavy (non-hydrogen) atoms. The highest BCUT2D eigenvalue weighted by Crippen LogP contribution is 2.24. The Kier molecular flexibility index (Phi) is 5.13. The topological polar surface area (TPSA) is 66.7 Å². The maximum absolute atomic E-state index is 12.6. The maximum Gasteiger partial charge on any atom is 0.282 e. The van der Waals surface area contributed by atoms with Crippen LogP contribution < -0.4 is 0 Å². The zero-order valence-corrected chi connectivity index (χ0v) is 14.4. The van der Waals surface area contributed by atoms with Crippen LogP contribution in [0.3, 0.4) is 0 Å². The summed E-state index contributed by atoms with van der Waals surface area (Å²) in [6.07, 6.45) is 0. The fourth-order valence-electron chi connectivity index (χ4n) is 2.75. The van der Waals surface area contributed by atoms with Gasteiger partial charge in [0, 0.05) is 43.7 Å². The number of benzene rings is 1. The number of nitro groups is 1. The first-order valence-corrected chi connectivity index (χ1v) is 8.73. The van der Waals surface area contributed by atoms with Crippen LogP contribution in [0.25, 0.3) is 0 Å².